The number of benzene rings is 2. The molecule has 3 rings (SSSR count). The molecule has 1 fully saturated rings. The van der Waals surface area contributed by atoms with Crippen molar-refractivity contribution in [2.24, 2.45) is 5.92 Å². The van der Waals surface area contributed by atoms with Gasteiger partial charge in [0.15, 0.2) is 0 Å². The molecule has 1 aliphatic heterocycles. The molecule has 0 spiro atoms. The van der Waals surface area contributed by atoms with Gasteiger partial charge >= 0.3 is 0 Å². The number of rotatable bonds is 5. The Hall–Kier alpha value is -2.78. The van der Waals surface area contributed by atoms with E-state index in [0.717, 1.165) is 12.8 Å². The average molecular weight is 462 g/mol. The van der Waals surface area contributed by atoms with Gasteiger partial charge in [0.1, 0.15) is 5.82 Å². The number of nitrogens with one attached hydrogen (secondary N) is 2. The Balaban J connectivity index is 1.72. The van der Waals surface area contributed by atoms with Crippen LogP contribution >= 0.6 is 0 Å². The molecule has 7 nitrogen and oxygen atoms in total. The Bertz CT molecular complexity index is 1110. The van der Waals surface area contributed by atoms with Crippen molar-refractivity contribution in [3.05, 3.63) is 64.5 Å². The molecule has 1 saturated heterocycles. The van der Waals surface area contributed by atoms with Gasteiger partial charge in [-0.05, 0) is 73.6 Å². The maximum absolute atomic E-state index is 13.2. The fraction of sp³-hybridized carbons (Fsp3) is 0.391. The van der Waals surface area contributed by atoms with Gasteiger partial charge in [-0.15, -0.1) is 0 Å². The number of carbonyl (C=O) groups excluding carboxylic acids is 2. The van der Waals surface area contributed by atoms with E-state index >= 15 is 0 Å². The van der Waals surface area contributed by atoms with Gasteiger partial charge in [-0.1, -0.05) is 19.1 Å². The number of halogens is 1. The minimum absolute atomic E-state index is 0.0412. The Kier molecular flexibility index (Phi) is 7.30. The van der Waals surface area contributed by atoms with Crippen molar-refractivity contribution in [1.82, 2.24) is 15.2 Å². The molecule has 0 unspecified atom stereocenters. The molecule has 2 aromatic rings. The molecule has 32 heavy (non-hydrogen) atoms. The maximum atomic E-state index is 13.2. The number of hydrazine groups is 1. The zero-order valence-electron chi connectivity index (χ0n) is 18.4. The van der Waals surface area contributed by atoms with Crippen molar-refractivity contribution < 1.29 is 22.4 Å². The molecule has 0 atom stereocenters. The van der Waals surface area contributed by atoms with Gasteiger partial charge in [-0.3, -0.25) is 20.4 Å². The van der Waals surface area contributed by atoms with Crippen LogP contribution in [0.2, 0.25) is 0 Å². The normalized spacial score (nSPS) is 15.4. The number of aryl methyl sites for hydroxylation is 1. The van der Waals surface area contributed by atoms with Crippen LogP contribution in [0.4, 0.5) is 4.39 Å². The number of hydrogen-bond acceptors (Lipinski definition) is 4. The van der Waals surface area contributed by atoms with Crippen molar-refractivity contribution in [3.63, 3.8) is 0 Å². The molecule has 172 valence electrons. The number of carbonyl (C=O) groups is 2. The van der Waals surface area contributed by atoms with E-state index < -0.39 is 27.7 Å². The Morgan fingerprint density at radius 1 is 1.06 bits per heavy atom. The van der Waals surface area contributed by atoms with E-state index in [2.05, 4.69) is 17.8 Å². The second-order valence-electron chi connectivity index (χ2n) is 8.31. The van der Waals surface area contributed by atoms with Crippen LogP contribution in [0.3, 0.4) is 0 Å². The van der Waals surface area contributed by atoms with Crippen molar-refractivity contribution >= 4 is 21.8 Å². The highest BCUT2D eigenvalue weighted by Gasteiger charge is 2.30. The first kappa shape index (κ1) is 23.9. The molecule has 0 radical (unpaired) electrons. The van der Waals surface area contributed by atoms with Crippen LogP contribution in [0.25, 0.3) is 0 Å². The van der Waals surface area contributed by atoms with E-state index in [1.165, 1.54) is 34.6 Å². The second kappa shape index (κ2) is 9.79. The van der Waals surface area contributed by atoms with Gasteiger partial charge < -0.3 is 0 Å². The van der Waals surface area contributed by atoms with E-state index in [0.29, 0.717) is 35.7 Å². The SMILES string of the molecule is Cc1cc(C(=O)NNC(=O)Cc2ccc(F)cc2)cc(S(=O)(=O)N2CCC(C)CC2)c1C. The zero-order chi connectivity index (χ0) is 23.5. The lowest BCUT2D eigenvalue weighted by molar-refractivity contribution is -0.121. The van der Waals surface area contributed by atoms with Crippen molar-refractivity contribution in [2.45, 2.75) is 44.9 Å². The monoisotopic (exact) mass is 461 g/mol. The van der Waals surface area contributed by atoms with Crippen LogP contribution in [-0.2, 0) is 21.2 Å². The lowest BCUT2D eigenvalue weighted by atomic mass is 10.0. The maximum Gasteiger partial charge on any atom is 0.269 e. The first-order chi connectivity index (χ1) is 15.1. The quantitative estimate of drug-likeness (QED) is 0.670. The highest BCUT2D eigenvalue weighted by molar-refractivity contribution is 7.89. The van der Waals surface area contributed by atoms with Crippen molar-refractivity contribution in [3.8, 4) is 0 Å². The summed E-state index contributed by atoms with van der Waals surface area (Å²) in [6.45, 7) is 6.49. The summed E-state index contributed by atoms with van der Waals surface area (Å²) in [6.07, 6.45) is 1.57. The summed E-state index contributed by atoms with van der Waals surface area (Å²) in [5.41, 5.74) is 6.63. The summed E-state index contributed by atoms with van der Waals surface area (Å²) in [5, 5.41) is 0. The van der Waals surface area contributed by atoms with Crippen LogP contribution in [-0.4, -0.2) is 37.6 Å². The first-order valence-electron chi connectivity index (χ1n) is 10.5. The Morgan fingerprint density at radius 2 is 1.69 bits per heavy atom. The summed E-state index contributed by atoms with van der Waals surface area (Å²) >= 11 is 0. The predicted octanol–water partition coefficient (Wildman–Crippen LogP) is 2.87. The van der Waals surface area contributed by atoms with Gasteiger partial charge in [0, 0.05) is 18.7 Å². The van der Waals surface area contributed by atoms with Gasteiger partial charge in [0.25, 0.3) is 5.91 Å². The molecule has 2 amide bonds. The minimum atomic E-state index is -3.73. The molecule has 1 aliphatic rings. The average Bonchev–Trinajstić information content (AvgIpc) is 2.75. The van der Waals surface area contributed by atoms with Crippen molar-refractivity contribution in [2.75, 3.05) is 13.1 Å². The van der Waals surface area contributed by atoms with E-state index in [1.807, 2.05) is 0 Å². The third-order valence-electron chi connectivity index (χ3n) is 5.84. The number of amides is 2. The molecular formula is C23H28FN3O4S. The van der Waals surface area contributed by atoms with Gasteiger partial charge in [0.2, 0.25) is 15.9 Å². The molecule has 9 heteroatoms. The Morgan fingerprint density at radius 3 is 2.31 bits per heavy atom. The summed E-state index contributed by atoms with van der Waals surface area (Å²) in [4.78, 5) is 24.8. The summed E-state index contributed by atoms with van der Waals surface area (Å²) in [6, 6.07) is 8.42. The van der Waals surface area contributed by atoms with Crippen LogP contribution in [0.5, 0.6) is 0 Å². The fourth-order valence-corrected chi connectivity index (χ4v) is 5.41. The van der Waals surface area contributed by atoms with Gasteiger partial charge in [-0.2, -0.15) is 4.31 Å². The molecule has 0 bridgehead atoms. The number of sulfonamides is 1. The lowest BCUT2D eigenvalue weighted by Gasteiger charge is -2.30. The van der Waals surface area contributed by atoms with Crippen LogP contribution in [0.15, 0.2) is 41.3 Å². The first-order valence-corrected chi connectivity index (χ1v) is 12.0. The number of nitrogens with zero attached hydrogens (tertiary/aromatic N) is 1. The van der Waals surface area contributed by atoms with E-state index in [-0.39, 0.29) is 16.9 Å². The molecular weight excluding hydrogens is 433 g/mol. The largest absolute Gasteiger partial charge is 0.273 e. The molecule has 1 heterocycles. The molecule has 2 aromatic carbocycles. The molecule has 0 saturated carbocycles. The summed E-state index contributed by atoms with van der Waals surface area (Å²) in [7, 11) is -3.73. The highest BCUT2D eigenvalue weighted by Crippen LogP contribution is 2.28. The standard InChI is InChI=1S/C23H28FN3O4S/c1-15-8-10-27(11-9-15)32(30,31)21-14-19(12-16(2)17(21)3)23(29)26-25-22(28)13-18-4-6-20(24)7-5-18/h4-7,12,14-15H,8-11,13H2,1-3H3,(H,25,28)(H,26,29). The molecule has 0 aromatic heterocycles. The molecule has 2 N–H and O–H groups in total. The van der Waals surface area contributed by atoms with Gasteiger partial charge in [0.05, 0.1) is 11.3 Å². The smallest absolute Gasteiger partial charge is 0.269 e. The Labute approximate surface area is 188 Å². The minimum Gasteiger partial charge on any atom is -0.273 e. The zero-order valence-corrected chi connectivity index (χ0v) is 19.3. The third-order valence-corrected chi connectivity index (χ3v) is 7.86. The topological polar surface area (TPSA) is 95.6 Å². The second-order valence-corrected chi connectivity index (χ2v) is 10.2. The van der Waals surface area contributed by atoms with Gasteiger partial charge in [-0.25, -0.2) is 12.8 Å². The van der Waals surface area contributed by atoms with Crippen molar-refractivity contribution in [1.29, 1.82) is 0 Å². The van der Waals surface area contributed by atoms with Crippen LogP contribution in [0, 0.1) is 25.6 Å². The van der Waals surface area contributed by atoms with E-state index in [9.17, 15) is 22.4 Å². The predicted molar refractivity (Wildman–Crippen MR) is 119 cm³/mol. The van der Waals surface area contributed by atoms with E-state index in [1.54, 1.807) is 19.9 Å². The number of hydrogen-bond donors (Lipinski definition) is 2. The fourth-order valence-electron chi connectivity index (χ4n) is 3.62. The number of piperidine rings is 1. The third kappa shape index (κ3) is 5.52. The van der Waals surface area contributed by atoms with Crippen LogP contribution < -0.4 is 10.9 Å². The summed E-state index contributed by atoms with van der Waals surface area (Å²) in [5.74, 6) is -1.02. The molecule has 0 aliphatic carbocycles. The van der Waals surface area contributed by atoms with Crippen LogP contribution in [0.1, 0.15) is 46.8 Å². The van der Waals surface area contributed by atoms with E-state index in [4.69, 9.17) is 0 Å². The highest BCUT2D eigenvalue weighted by atomic mass is 32.2. The summed E-state index contributed by atoms with van der Waals surface area (Å²) < 4.78 is 40.9. The lowest BCUT2D eigenvalue weighted by Crippen LogP contribution is -2.42.